The molecule has 0 spiro atoms. The van der Waals surface area contributed by atoms with E-state index in [0.717, 1.165) is 44.7 Å². The lowest BCUT2D eigenvalue weighted by Crippen LogP contribution is -2.35. The fourth-order valence-corrected chi connectivity index (χ4v) is 3.46. The maximum absolute atomic E-state index is 8.43. The molecule has 2 aliphatic heterocycles. The Morgan fingerprint density at radius 3 is 2.60 bits per heavy atom. The minimum Gasteiger partial charge on any atom is -0.370 e. The summed E-state index contributed by atoms with van der Waals surface area (Å²) in [6.07, 6.45) is 11.3. The van der Waals surface area contributed by atoms with Gasteiger partial charge in [0.2, 0.25) is 0 Å². The number of piperidine rings is 1. The molecule has 4 heteroatoms. The molecular formula is C21H30N4. The van der Waals surface area contributed by atoms with E-state index in [2.05, 4.69) is 64.5 Å². The number of likely N-dealkylation sites (tertiary alicyclic amines) is 1. The highest BCUT2D eigenvalue weighted by Crippen LogP contribution is 2.16. The van der Waals surface area contributed by atoms with Gasteiger partial charge in [-0.25, -0.2) is 0 Å². The molecule has 2 heterocycles. The topological polar surface area (TPSA) is 42.4 Å². The smallest absolute Gasteiger partial charge is 0.128 e. The van der Waals surface area contributed by atoms with Gasteiger partial charge in [-0.2, -0.15) is 0 Å². The highest BCUT2D eigenvalue weighted by Gasteiger charge is 2.17. The molecular weight excluding hydrogens is 308 g/mol. The van der Waals surface area contributed by atoms with E-state index in [0.29, 0.717) is 5.84 Å². The van der Waals surface area contributed by atoms with Gasteiger partial charge in [-0.3, -0.25) is 5.41 Å². The molecule has 2 aliphatic rings. The van der Waals surface area contributed by atoms with Crippen LogP contribution < -0.4 is 5.32 Å². The first-order chi connectivity index (χ1) is 12.3. The van der Waals surface area contributed by atoms with Crippen molar-refractivity contribution in [2.75, 3.05) is 26.2 Å². The van der Waals surface area contributed by atoms with Gasteiger partial charge in [0, 0.05) is 38.3 Å². The molecule has 0 bridgehead atoms. The fourth-order valence-electron chi connectivity index (χ4n) is 3.46. The van der Waals surface area contributed by atoms with Crippen LogP contribution in [0.3, 0.4) is 0 Å². The summed E-state index contributed by atoms with van der Waals surface area (Å²) < 4.78 is 0. The van der Waals surface area contributed by atoms with Gasteiger partial charge in [-0.1, -0.05) is 43.3 Å². The molecule has 1 aromatic carbocycles. The van der Waals surface area contributed by atoms with Crippen molar-refractivity contribution in [3.63, 3.8) is 0 Å². The van der Waals surface area contributed by atoms with E-state index in [4.69, 9.17) is 5.41 Å². The number of rotatable bonds is 5. The quantitative estimate of drug-likeness (QED) is 0.635. The average molecular weight is 338 g/mol. The van der Waals surface area contributed by atoms with Crippen molar-refractivity contribution in [2.45, 2.75) is 39.2 Å². The Bertz CT molecular complexity index is 624. The Morgan fingerprint density at radius 1 is 1.12 bits per heavy atom. The zero-order chi connectivity index (χ0) is 17.5. The minimum absolute atomic E-state index is 0.680. The summed E-state index contributed by atoms with van der Waals surface area (Å²) in [6.45, 7) is 7.16. The summed E-state index contributed by atoms with van der Waals surface area (Å²) in [7, 11) is 0. The predicted octanol–water partition coefficient (Wildman–Crippen LogP) is 3.71. The summed E-state index contributed by atoms with van der Waals surface area (Å²) in [4.78, 5) is 4.59. The number of allylic oxidation sites excluding steroid dienone is 3. The molecule has 0 radical (unpaired) electrons. The van der Waals surface area contributed by atoms with Crippen LogP contribution in [0.15, 0.2) is 48.3 Å². The second-order valence-electron chi connectivity index (χ2n) is 6.83. The highest BCUT2D eigenvalue weighted by molar-refractivity contribution is 5.96. The van der Waals surface area contributed by atoms with Crippen molar-refractivity contribution in [1.82, 2.24) is 15.1 Å². The average Bonchev–Trinajstić information content (AvgIpc) is 3.10. The van der Waals surface area contributed by atoms with Gasteiger partial charge in [-0.15, -0.1) is 0 Å². The largest absolute Gasteiger partial charge is 0.370 e. The zero-order valence-electron chi connectivity index (χ0n) is 15.3. The Hall–Kier alpha value is -2.23. The SMILES string of the molecule is CC/C=C/C=C1\NCCN1Cc1ccc(C(=N)N2CCCCC2)cc1. The monoisotopic (exact) mass is 338 g/mol. The van der Waals surface area contributed by atoms with Gasteiger partial charge in [0.1, 0.15) is 11.7 Å². The number of benzene rings is 1. The van der Waals surface area contributed by atoms with Crippen LogP contribution in [-0.2, 0) is 6.54 Å². The van der Waals surface area contributed by atoms with Crippen molar-refractivity contribution < 1.29 is 0 Å². The molecule has 2 fully saturated rings. The molecule has 0 aromatic heterocycles. The van der Waals surface area contributed by atoms with Gasteiger partial charge in [0.25, 0.3) is 0 Å². The summed E-state index contributed by atoms with van der Waals surface area (Å²) in [5, 5.41) is 11.9. The number of hydrogen-bond acceptors (Lipinski definition) is 3. The van der Waals surface area contributed by atoms with E-state index in [9.17, 15) is 0 Å². The molecule has 25 heavy (non-hydrogen) atoms. The molecule has 0 saturated carbocycles. The number of nitrogens with one attached hydrogen (secondary N) is 2. The zero-order valence-corrected chi connectivity index (χ0v) is 15.3. The van der Waals surface area contributed by atoms with Crippen LogP contribution in [0.2, 0.25) is 0 Å². The summed E-state index contributed by atoms with van der Waals surface area (Å²) in [5.41, 5.74) is 2.33. The van der Waals surface area contributed by atoms with E-state index in [1.807, 2.05) is 0 Å². The van der Waals surface area contributed by atoms with E-state index in [1.54, 1.807) is 0 Å². The van der Waals surface area contributed by atoms with Crippen LogP contribution in [0.5, 0.6) is 0 Å². The predicted molar refractivity (Wildman–Crippen MR) is 105 cm³/mol. The second kappa shape index (κ2) is 8.75. The number of amidine groups is 1. The molecule has 3 rings (SSSR count). The van der Waals surface area contributed by atoms with Crippen LogP contribution >= 0.6 is 0 Å². The number of hydrogen-bond donors (Lipinski definition) is 2. The maximum atomic E-state index is 8.43. The minimum atomic E-state index is 0.680. The molecule has 134 valence electrons. The second-order valence-corrected chi connectivity index (χ2v) is 6.83. The van der Waals surface area contributed by atoms with Gasteiger partial charge in [0.15, 0.2) is 0 Å². The van der Waals surface area contributed by atoms with Gasteiger partial charge in [0.05, 0.1) is 0 Å². The third-order valence-electron chi connectivity index (χ3n) is 4.93. The number of nitrogens with zero attached hydrogens (tertiary/aromatic N) is 2. The van der Waals surface area contributed by atoms with E-state index in [1.165, 1.54) is 30.6 Å². The first-order valence-electron chi connectivity index (χ1n) is 9.56. The maximum Gasteiger partial charge on any atom is 0.128 e. The summed E-state index contributed by atoms with van der Waals surface area (Å²) >= 11 is 0. The molecule has 2 saturated heterocycles. The van der Waals surface area contributed by atoms with Crippen molar-refractivity contribution in [3.05, 3.63) is 59.4 Å². The molecule has 0 unspecified atom stereocenters. The lowest BCUT2D eigenvalue weighted by Gasteiger charge is -2.29. The normalized spacial score (nSPS) is 19.6. The van der Waals surface area contributed by atoms with Crippen LogP contribution in [0.25, 0.3) is 0 Å². The van der Waals surface area contributed by atoms with E-state index >= 15 is 0 Å². The molecule has 0 aliphatic carbocycles. The van der Waals surface area contributed by atoms with E-state index < -0.39 is 0 Å². The lowest BCUT2D eigenvalue weighted by atomic mass is 10.1. The molecule has 1 aromatic rings. The Balaban J connectivity index is 1.61. The molecule has 0 amide bonds. The third kappa shape index (κ3) is 4.65. The Kier molecular flexibility index (Phi) is 6.15. The van der Waals surface area contributed by atoms with Crippen molar-refractivity contribution in [2.24, 2.45) is 0 Å². The summed E-state index contributed by atoms with van der Waals surface area (Å²) in [6, 6.07) is 8.56. The van der Waals surface area contributed by atoms with Crippen LogP contribution in [0, 0.1) is 5.41 Å². The van der Waals surface area contributed by atoms with Gasteiger partial charge in [-0.05, 0) is 37.3 Å². The van der Waals surface area contributed by atoms with Crippen molar-refractivity contribution in [1.29, 1.82) is 5.41 Å². The first-order valence-corrected chi connectivity index (χ1v) is 9.56. The van der Waals surface area contributed by atoms with Crippen molar-refractivity contribution in [3.8, 4) is 0 Å². The van der Waals surface area contributed by atoms with Crippen LogP contribution in [0.4, 0.5) is 0 Å². The highest BCUT2D eigenvalue weighted by atomic mass is 15.3. The Labute approximate surface area is 151 Å². The van der Waals surface area contributed by atoms with Crippen LogP contribution in [0.1, 0.15) is 43.7 Å². The lowest BCUT2D eigenvalue weighted by molar-refractivity contribution is 0.341. The fraction of sp³-hybridized carbons (Fsp3) is 0.476. The standard InChI is InChI=1S/C21H30N4/c1-2-3-5-8-20-23-13-16-25(20)17-18-9-11-19(12-10-18)21(22)24-14-6-4-7-15-24/h3,5,8-12,22-23H,2,4,6-7,13-17H2,1H3/b5-3+,20-8+,22-21?. The summed E-state index contributed by atoms with van der Waals surface area (Å²) in [5.74, 6) is 1.88. The molecule has 4 nitrogen and oxygen atoms in total. The molecule has 0 atom stereocenters. The van der Waals surface area contributed by atoms with Crippen LogP contribution in [-0.4, -0.2) is 41.8 Å². The third-order valence-corrected chi connectivity index (χ3v) is 4.93. The van der Waals surface area contributed by atoms with Gasteiger partial charge < -0.3 is 15.1 Å². The first kappa shape index (κ1) is 17.6. The van der Waals surface area contributed by atoms with Crippen molar-refractivity contribution >= 4 is 5.84 Å². The molecule has 2 N–H and O–H groups in total. The van der Waals surface area contributed by atoms with Gasteiger partial charge >= 0.3 is 0 Å². The van der Waals surface area contributed by atoms with E-state index in [-0.39, 0.29) is 0 Å². The Morgan fingerprint density at radius 2 is 1.88 bits per heavy atom.